The van der Waals surface area contributed by atoms with Crippen molar-refractivity contribution in [2.75, 3.05) is 31.1 Å². The third-order valence-electron chi connectivity index (χ3n) is 5.19. The summed E-state index contributed by atoms with van der Waals surface area (Å²) in [5.41, 5.74) is 1.49. The van der Waals surface area contributed by atoms with Crippen LogP contribution in [0.5, 0.6) is 0 Å². The Labute approximate surface area is 158 Å². The van der Waals surface area contributed by atoms with Gasteiger partial charge in [-0.25, -0.2) is 9.79 Å². The number of amides is 2. The SMILES string of the molecule is N#Cc1ccccc1CN1C(=O)N2CCSCC2N=C1N1CCCCC1. The van der Waals surface area contributed by atoms with Crippen LogP contribution in [0.4, 0.5) is 4.79 Å². The van der Waals surface area contributed by atoms with Crippen LogP contribution in [-0.2, 0) is 6.54 Å². The van der Waals surface area contributed by atoms with E-state index in [1.54, 1.807) is 4.90 Å². The lowest BCUT2D eigenvalue weighted by molar-refractivity contribution is 0.140. The lowest BCUT2D eigenvalue weighted by Crippen LogP contribution is -2.61. The molecule has 0 radical (unpaired) electrons. The molecule has 7 heteroatoms. The third-order valence-corrected chi connectivity index (χ3v) is 6.20. The highest BCUT2D eigenvalue weighted by molar-refractivity contribution is 7.99. The van der Waals surface area contributed by atoms with Crippen LogP contribution in [0.3, 0.4) is 0 Å². The van der Waals surface area contributed by atoms with Gasteiger partial charge in [0, 0.05) is 31.1 Å². The lowest BCUT2D eigenvalue weighted by atomic mass is 10.1. The average molecular weight is 369 g/mol. The number of nitriles is 1. The summed E-state index contributed by atoms with van der Waals surface area (Å²) in [6, 6.07) is 9.78. The van der Waals surface area contributed by atoms with Gasteiger partial charge in [0.1, 0.15) is 6.17 Å². The normalized spacial score (nSPS) is 23.3. The molecule has 4 rings (SSSR count). The number of carbonyl (C=O) groups excluding carboxylic acids is 1. The number of rotatable bonds is 2. The molecule has 1 atom stereocenters. The van der Waals surface area contributed by atoms with Crippen molar-refractivity contribution in [2.24, 2.45) is 4.99 Å². The van der Waals surface area contributed by atoms with Crippen LogP contribution in [0, 0.1) is 11.3 Å². The molecule has 2 saturated heterocycles. The van der Waals surface area contributed by atoms with Gasteiger partial charge in [-0.2, -0.15) is 17.0 Å². The molecule has 3 aliphatic heterocycles. The maximum Gasteiger partial charge on any atom is 0.328 e. The van der Waals surface area contributed by atoms with Crippen molar-refractivity contribution in [1.82, 2.24) is 14.7 Å². The summed E-state index contributed by atoms with van der Waals surface area (Å²) in [6.07, 6.45) is 3.46. The van der Waals surface area contributed by atoms with Gasteiger partial charge in [-0.05, 0) is 30.9 Å². The van der Waals surface area contributed by atoms with E-state index in [1.165, 1.54) is 6.42 Å². The van der Waals surface area contributed by atoms with Crippen molar-refractivity contribution in [3.63, 3.8) is 0 Å². The van der Waals surface area contributed by atoms with Gasteiger partial charge in [0.05, 0.1) is 18.2 Å². The van der Waals surface area contributed by atoms with E-state index < -0.39 is 0 Å². The minimum Gasteiger partial charge on any atom is -0.342 e. The molecule has 1 aromatic rings. The fourth-order valence-corrected chi connectivity index (χ4v) is 4.74. The molecule has 136 valence electrons. The molecular weight excluding hydrogens is 346 g/mol. The second-order valence-corrected chi connectivity index (χ2v) is 8.01. The fraction of sp³-hybridized carbons (Fsp3) is 0.526. The van der Waals surface area contributed by atoms with Crippen molar-refractivity contribution in [2.45, 2.75) is 32.0 Å². The monoisotopic (exact) mass is 369 g/mol. The molecule has 0 bridgehead atoms. The quantitative estimate of drug-likeness (QED) is 0.804. The first-order chi connectivity index (χ1) is 12.8. The lowest BCUT2D eigenvalue weighted by Gasteiger charge is -2.45. The van der Waals surface area contributed by atoms with E-state index >= 15 is 0 Å². The Kier molecular flexibility index (Phi) is 5.02. The smallest absolute Gasteiger partial charge is 0.328 e. The Balaban J connectivity index is 1.68. The number of piperidine rings is 1. The fourth-order valence-electron chi connectivity index (χ4n) is 3.79. The molecule has 0 saturated carbocycles. The standard InChI is InChI=1S/C19H23N5OS/c20-12-15-6-2-3-7-16(15)13-24-18(22-8-4-1-5-9-22)21-17-14-26-11-10-23(17)19(24)25/h2-3,6-7,17H,1,4-5,8-11,13-14H2. The second kappa shape index (κ2) is 7.58. The molecular formula is C19H23N5OS. The van der Waals surface area contributed by atoms with E-state index in [9.17, 15) is 10.1 Å². The molecule has 1 aromatic carbocycles. The number of aliphatic imine (C=N–C) groups is 1. The summed E-state index contributed by atoms with van der Waals surface area (Å²) in [5.74, 6) is 2.62. The van der Waals surface area contributed by atoms with Crippen molar-refractivity contribution in [1.29, 1.82) is 5.26 Å². The predicted octanol–water partition coefficient (Wildman–Crippen LogP) is 2.71. The second-order valence-electron chi connectivity index (χ2n) is 6.86. The highest BCUT2D eigenvalue weighted by Crippen LogP contribution is 2.27. The zero-order chi connectivity index (χ0) is 17.9. The highest BCUT2D eigenvalue weighted by atomic mass is 32.2. The minimum absolute atomic E-state index is 0.0265. The molecule has 1 unspecified atom stereocenters. The Hall–Kier alpha value is -2.20. The van der Waals surface area contributed by atoms with Crippen molar-refractivity contribution >= 4 is 23.8 Å². The first-order valence-electron chi connectivity index (χ1n) is 9.24. The van der Waals surface area contributed by atoms with Gasteiger partial charge >= 0.3 is 6.03 Å². The van der Waals surface area contributed by atoms with Crippen LogP contribution in [0.1, 0.15) is 30.4 Å². The summed E-state index contributed by atoms with van der Waals surface area (Å²) < 4.78 is 0. The van der Waals surface area contributed by atoms with Gasteiger partial charge in [0.25, 0.3) is 0 Å². The molecule has 0 spiro atoms. The van der Waals surface area contributed by atoms with Gasteiger partial charge < -0.3 is 9.80 Å². The van der Waals surface area contributed by atoms with Gasteiger partial charge in [-0.15, -0.1) is 0 Å². The van der Waals surface area contributed by atoms with Gasteiger partial charge in [0.15, 0.2) is 0 Å². The first-order valence-corrected chi connectivity index (χ1v) is 10.4. The van der Waals surface area contributed by atoms with E-state index in [0.717, 1.165) is 55.5 Å². The molecule has 6 nitrogen and oxygen atoms in total. The maximum atomic E-state index is 13.3. The van der Waals surface area contributed by atoms with E-state index in [1.807, 2.05) is 40.9 Å². The number of thioether (sulfide) groups is 1. The molecule has 3 aliphatic rings. The number of benzene rings is 1. The summed E-state index contributed by atoms with van der Waals surface area (Å²) in [6.45, 7) is 3.03. The average Bonchev–Trinajstić information content (AvgIpc) is 2.71. The van der Waals surface area contributed by atoms with E-state index in [0.29, 0.717) is 12.1 Å². The molecule has 3 heterocycles. The first kappa shape index (κ1) is 17.2. The van der Waals surface area contributed by atoms with Crippen LogP contribution >= 0.6 is 11.8 Å². The summed E-state index contributed by atoms with van der Waals surface area (Å²) >= 11 is 1.86. The Morgan fingerprint density at radius 3 is 2.81 bits per heavy atom. The van der Waals surface area contributed by atoms with Crippen LogP contribution in [0.15, 0.2) is 29.3 Å². The third kappa shape index (κ3) is 3.26. The van der Waals surface area contributed by atoms with Crippen LogP contribution in [-0.4, -0.2) is 64.0 Å². The van der Waals surface area contributed by atoms with Crippen molar-refractivity contribution in [3.8, 4) is 6.07 Å². The Morgan fingerprint density at radius 2 is 2.00 bits per heavy atom. The topological polar surface area (TPSA) is 62.9 Å². The number of nitrogens with zero attached hydrogens (tertiary/aromatic N) is 5. The number of hydrogen-bond acceptors (Lipinski definition) is 5. The highest BCUT2D eigenvalue weighted by Gasteiger charge is 2.39. The summed E-state index contributed by atoms with van der Waals surface area (Å²) in [7, 11) is 0. The number of hydrogen-bond donors (Lipinski definition) is 0. The Bertz CT molecular complexity index is 753. The zero-order valence-corrected chi connectivity index (χ0v) is 15.6. The molecule has 2 amide bonds. The maximum absolute atomic E-state index is 13.3. The zero-order valence-electron chi connectivity index (χ0n) is 14.8. The summed E-state index contributed by atoms with van der Waals surface area (Å²) in [4.78, 5) is 24.2. The molecule has 26 heavy (non-hydrogen) atoms. The largest absolute Gasteiger partial charge is 0.342 e. The number of carbonyl (C=O) groups is 1. The number of guanidine groups is 1. The van der Waals surface area contributed by atoms with Crippen LogP contribution in [0.25, 0.3) is 0 Å². The summed E-state index contributed by atoms with van der Waals surface area (Å²) in [5, 5.41) is 9.41. The molecule has 0 N–H and O–H groups in total. The Morgan fingerprint density at radius 1 is 1.19 bits per heavy atom. The van der Waals surface area contributed by atoms with Gasteiger partial charge in [-0.1, -0.05) is 18.2 Å². The van der Waals surface area contributed by atoms with Crippen LogP contribution in [0.2, 0.25) is 0 Å². The van der Waals surface area contributed by atoms with Crippen LogP contribution < -0.4 is 0 Å². The van der Waals surface area contributed by atoms with Gasteiger partial charge in [-0.3, -0.25) is 4.90 Å². The number of fused-ring (bicyclic) bond motifs is 1. The van der Waals surface area contributed by atoms with E-state index in [4.69, 9.17) is 4.99 Å². The van der Waals surface area contributed by atoms with E-state index in [2.05, 4.69) is 11.0 Å². The van der Waals surface area contributed by atoms with Crippen molar-refractivity contribution in [3.05, 3.63) is 35.4 Å². The van der Waals surface area contributed by atoms with E-state index in [-0.39, 0.29) is 12.2 Å². The molecule has 0 aliphatic carbocycles. The molecule has 2 fully saturated rings. The minimum atomic E-state index is -0.0550. The van der Waals surface area contributed by atoms with Crippen molar-refractivity contribution < 1.29 is 4.79 Å². The predicted molar refractivity (Wildman–Crippen MR) is 103 cm³/mol. The number of likely N-dealkylation sites (tertiary alicyclic amines) is 1. The molecule has 0 aromatic heterocycles. The number of urea groups is 1. The van der Waals surface area contributed by atoms with Gasteiger partial charge in [0.2, 0.25) is 5.96 Å².